The largest absolute Gasteiger partial charge is 0.481 e. The molecule has 1 saturated carbocycles. The number of nitrogens with one attached hydrogen (secondary N) is 1. The van der Waals surface area contributed by atoms with Crippen LogP contribution in [-0.2, 0) is 57.2 Å². The molecule has 380 valence electrons. The number of hydrogen-bond acceptors (Lipinski definition) is 8. The predicted octanol–water partition coefficient (Wildman–Crippen LogP) is 9.95. The number of benzene rings is 2. The van der Waals surface area contributed by atoms with Crippen LogP contribution in [0.3, 0.4) is 0 Å². The molecule has 25 heteroatoms. The van der Waals surface area contributed by atoms with Crippen LogP contribution in [0.25, 0.3) is 22.0 Å². The number of nitrogens with zero attached hydrogens (tertiary/aromatic N) is 7. The number of halogens is 11. The van der Waals surface area contributed by atoms with E-state index in [0.29, 0.717) is 34.8 Å². The van der Waals surface area contributed by atoms with E-state index in [4.69, 9.17) is 16.6 Å². The Hall–Kier alpha value is -6.17. The summed E-state index contributed by atoms with van der Waals surface area (Å²) < 4.78 is 148. The van der Waals surface area contributed by atoms with E-state index in [1.165, 1.54) is 35.4 Å². The van der Waals surface area contributed by atoms with Crippen LogP contribution in [0.5, 0.6) is 0 Å². The van der Waals surface area contributed by atoms with E-state index in [1.807, 2.05) is 0 Å². The topological polar surface area (TPSA) is 156 Å². The summed E-state index contributed by atoms with van der Waals surface area (Å²) in [5.74, 6) is -12.9. The van der Waals surface area contributed by atoms with Gasteiger partial charge in [0.25, 0.3) is 11.8 Å². The van der Waals surface area contributed by atoms with Crippen molar-refractivity contribution >= 4 is 64.0 Å². The average molecular weight is 1050 g/mol. The molecule has 13 nitrogen and oxygen atoms in total. The number of amides is 3. The van der Waals surface area contributed by atoms with Crippen LogP contribution < -0.4 is 9.62 Å². The highest BCUT2D eigenvalue weighted by Crippen LogP contribution is 2.68. The molecule has 0 aliphatic heterocycles. The standard InChI is InChI=1S/C46H43ClF10N8O5S/c1-5-22(3)62(14-13-36(69)70)34(67)11-12-35(68)65(71-4)43-38-31(47)10-9-28(40(38)64(61-43)21-44(50,51)52)27-8-7-26(6-2)58-39(27)32(17-23-15-24(48)18-25(49)16-23)59-33(66)20-63-42-37(41(60-63)46(55,56)57)29-19-30(29)45(42,53)54/h7-12,15-16,18,22,29-30,32H,5-6,13-14,17,19-21H2,1-4H3,(H,59,66)(H,69,70)/b12-11+/t22?,29-,30+,32?/m0/s1. The molecule has 0 saturated heterocycles. The molecule has 7 rings (SSSR count). The number of hydrogen-bond donors (Lipinski definition) is 2. The minimum Gasteiger partial charge on any atom is -0.481 e. The van der Waals surface area contributed by atoms with Gasteiger partial charge in [0.05, 0.1) is 34.1 Å². The van der Waals surface area contributed by atoms with Gasteiger partial charge >= 0.3 is 18.3 Å². The van der Waals surface area contributed by atoms with Gasteiger partial charge in [0.15, 0.2) is 11.5 Å². The number of carbonyl (C=O) groups is 4. The molecule has 0 bridgehead atoms. The minimum absolute atomic E-state index is 0.0362. The number of carbonyl (C=O) groups excluding carboxylic acids is 3. The second-order valence-electron chi connectivity index (χ2n) is 17.0. The lowest BCUT2D eigenvalue weighted by molar-refractivity contribution is -0.143. The quantitative estimate of drug-likeness (QED) is 0.0496. The van der Waals surface area contributed by atoms with Crippen molar-refractivity contribution in [1.29, 1.82) is 0 Å². The Kier molecular flexibility index (Phi) is 14.9. The zero-order valence-electron chi connectivity index (χ0n) is 37.9. The number of aliphatic carboxylic acids is 1. The number of pyridine rings is 1. The lowest BCUT2D eigenvalue weighted by Crippen LogP contribution is -2.39. The number of carboxylic acids is 1. The number of carboxylic acid groups (broad SMARTS) is 1. The Morgan fingerprint density at radius 2 is 1.63 bits per heavy atom. The Morgan fingerprint density at radius 3 is 2.24 bits per heavy atom. The summed E-state index contributed by atoms with van der Waals surface area (Å²) in [4.78, 5) is 58.4. The third kappa shape index (κ3) is 11.0. The summed E-state index contributed by atoms with van der Waals surface area (Å²) >= 11 is 7.43. The van der Waals surface area contributed by atoms with Crippen molar-refractivity contribution in [2.24, 2.45) is 5.92 Å². The maximum Gasteiger partial charge on any atom is 0.435 e. The first-order valence-electron chi connectivity index (χ1n) is 21.9. The Morgan fingerprint density at radius 1 is 0.972 bits per heavy atom. The van der Waals surface area contributed by atoms with E-state index >= 15 is 8.78 Å². The summed E-state index contributed by atoms with van der Waals surface area (Å²) in [5.41, 5.74) is -3.76. The number of fused-ring (bicyclic) bond motifs is 4. The lowest BCUT2D eigenvalue weighted by Gasteiger charge is -2.27. The van der Waals surface area contributed by atoms with Crippen LogP contribution in [0.2, 0.25) is 5.02 Å². The highest BCUT2D eigenvalue weighted by Gasteiger charge is 2.68. The lowest BCUT2D eigenvalue weighted by atomic mass is 9.93. The van der Waals surface area contributed by atoms with Gasteiger partial charge in [-0.15, -0.1) is 0 Å². The van der Waals surface area contributed by atoms with Crippen molar-refractivity contribution in [1.82, 2.24) is 34.8 Å². The first-order valence-corrected chi connectivity index (χ1v) is 23.5. The maximum absolute atomic E-state index is 15.5. The predicted molar refractivity (Wildman–Crippen MR) is 240 cm³/mol. The molecule has 0 radical (unpaired) electrons. The van der Waals surface area contributed by atoms with E-state index < -0.39 is 126 Å². The number of aryl methyl sites for hydroxylation is 1. The molecule has 3 heterocycles. The number of anilines is 1. The Labute approximate surface area is 407 Å². The van der Waals surface area contributed by atoms with Crippen molar-refractivity contribution in [3.05, 3.63) is 105 Å². The van der Waals surface area contributed by atoms with Crippen molar-refractivity contribution in [2.75, 3.05) is 17.1 Å². The molecule has 71 heavy (non-hydrogen) atoms. The SMILES string of the molecule is CCc1ccc(-c2ccc(Cl)c3c(N(SC)C(=O)/C=C/C(=O)N(CCC(=O)O)C(C)CC)nn(CC(F)(F)F)c23)c(C(Cc2cc(F)cc(F)c2)NC(=O)Cn2nc(C(F)(F)F)c3c2C(F)(F)[C@@H]2C[C@H]32)n1. The fourth-order valence-electron chi connectivity index (χ4n) is 8.83. The normalized spacial score (nSPS) is 17.0. The van der Waals surface area contributed by atoms with Crippen molar-refractivity contribution in [2.45, 2.75) is 102 Å². The van der Waals surface area contributed by atoms with Gasteiger partial charge in [-0.2, -0.15) is 45.3 Å². The van der Waals surface area contributed by atoms with Crippen LogP contribution in [-0.4, -0.2) is 83.3 Å². The van der Waals surface area contributed by atoms with E-state index in [0.717, 1.165) is 28.6 Å². The smallest absolute Gasteiger partial charge is 0.435 e. The van der Waals surface area contributed by atoms with Gasteiger partial charge in [-0.3, -0.25) is 33.5 Å². The van der Waals surface area contributed by atoms with Gasteiger partial charge in [-0.05, 0) is 80.3 Å². The summed E-state index contributed by atoms with van der Waals surface area (Å²) in [6, 6.07) is 5.88. The molecule has 2 aromatic carbocycles. The summed E-state index contributed by atoms with van der Waals surface area (Å²) in [6.07, 6.45) is -7.50. The van der Waals surface area contributed by atoms with E-state index in [2.05, 4.69) is 15.5 Å². The zero-order valence-corrected chi connectivity index (χ0v) is 39.5. The molecule has 3 amide bonds. The van der Waals surface area contributed by atoms with Crippen LogP contribution in [0, 0.1) is 17.6 Å². The highest BCUT2D eigenvalue weighted by atomic mass is 35.5. The molecule has 1 fully saturated rings. The van der Waals surface area contributed by atoms with Crippen LogP contribution in [0.1, 0.15) is 85.9 Å². The second-order valence-corrected chi connectivity index (χ2v) is 18.2. The van der Waals surface area contributed by atoms with Crippen molar-refractivity contribution in [3.63, 3.8) is 0 Å². The number of rotatable bonds is 18. The second kappa shape index (κ2) is 20.1. The molecule has 3 aromatic heterocycles. The Balaban J connectivity index is 1.35. The maximum atomic E-state index is 15.5. The molecule has 2 N–H and O–H groups in total. The first-order chi connectivity index (χ1) is 33.3. The fraction of sp³-hybridized carbons (Fsp3) is 0.413. The molecular weight excluding hydrogens is 1000 g/mol. The Bertz CT molecular complexity index is 2920. The highest BCUT2D eigenvalue weighted by molar-refractivity contribution is 8.00. The number of alkyl halides is 8. The van der Waals surface area contributed by atoms with E-state index in [-0.39, 0.29) is 62.4 Å². The molecule has 5 aromatic rings. The molecular formula is C46H43ClF10N8O5S. The van der Waals surface area contributed by atoms with Gasteiger partial charge in [-0.1, -0.05) is 37.6 Å². The van der Waals surface area contributed by atoms with Crippen molar-refractivity contribution < 1.29 is 68.2 Å². The van der Waals surface area contributed by atoms with Crippen LogP contribution in [0.15, 0.2) is 54.6 Å². The third-order valence-corrected chi connectivity index (χ3v) is 13.3. The van der Waals surface area contributed by atoms with Crippen LogP contribution in [0.4, 0.5) is 49.7 Å². The van der Waals surface area contributed by atoms with Gasteiger partial charge in [0, 0.05) is 65.4 Å². The fourth-order valence-corrected chi connectivity index (χ4v) is 9.61. The molecule has 0 spiro atoms. The summed E-state index contributed by atoms with van der Waals surface area (Å²) in [7, 11) is 0. The van der Waals surface area contributed by atoms with Gasteiger partial charge in [-0.25, -0.2) is 13.1 Å². The van der Waals surface area contributed by atoms with Gasteiger partial charge in [0.1, 0.15) is 30.4 Å². The third-order valence-electron chi connectivity index (χ3n) is 12.2. The molecule has 2 unspecified atom stereocenters. The first kappa shape index (κ1) is 52.6. The number of aromatic nitrogens is 5. The van der Waals surface area contributed by atoms with Gasteiger partial charge in [0.2, 0.25) is 11.8 Å². The minimum atomic E-state index is -5.15. The van der Waals surface area contributed by atoms with E-state index in [9.17, 15) is 59.4 Å². The van der Waals surface area contributed by atoms with E-state index in [1.54, 1.807) is 20.8 Å². The monoisotopic (exact) mass is 1040 g/mol. The van der Waals surface area contributed by atoms with Crippen LogP contribution >= 0.6 is 23.5 Å². The molecule has 2 aliphatic rings. The molecule has 4 atom stereocenters. The average Bonchev–Trinajstić information content (AvgIpc) is 3.79. The molecule has 2 aliphatic carbocycles. The summed E-state index contributed by atoms with van der Waals surface area (Å²) in [6.45, 7) is 1.97. The van der Waals surface area contributed by atoms with Crippen molar-refractivity contribution in [3.8, 4) is 11.1 Å². The zero-order chi connectivity index (χ0) is 52.1. The van der Waals surface area contributed by atoms with Gasteiger partial charge < -0.3 is 15.3 Å². The summed E-state index contributed by atoms with van der Waals surface area (Å²) in [5, 5.41) is 18.9.